The Kier molecular flexibility index (Phi) is 4.15. The van der Waals surface area contributed by atoms with E-state index in [9.17, 15) is 9.59 Å². The van der Waals surface area contributed by atoms with Gasteiger partial charge in [0, 0.05) is 11.4 Å². The third-order valence-corrected chi connectivity index (χ3v) is 5.04. The second-order valence-electron chi connectivity index (χ2n) is 5.42. The molecule has 0 bridgehead atoms. The predicted molar refractivity (Wildman–Crippen MR) is 79.4 cm³/mol. The van der Waals surface area contributed by atoms with Crippen molar-refractivity contribution < 1.29 is 14.3 Å². The van der Waals surface area contributed by atoms with Gasteiger partial charge < -0.3 is 15.4 Å². The van der Waals surface area contributed by atoms with E-state index in [1.807, 2.05) is 20.8 Å². The molecule has 0 saturated carbocycles. The van der Waals surface area contributed by atoms with Crippen molar-refractivity contribution in [1.82, 2.24) is 5.32 Å². The standard InChI is InChI=1S/C14H20N2O3S/c1-8-9(2)20-11(10(8)12(17)19-4)16-13(18)14(3)5-6-15-7-14/h15H,5-7H2,1-4H3,(H,16,18). The van der Waals surface area contributed by atoms with Crippen molar-refractivity contribution in [3.05, 3.63) is 16.0 Å². The number of esters is 1. The van der Waals surface area contributed by atoms with Crippen LogP contribution in [0.4, 0.5) is 5.00 Å². The van der Waals surface area contributed by atoms with Gasteiger partial charge >= 0.3 is 5.97 Å². The molecule has 1 aromatic heterocycles. The maximum absolute atomic E-state index is 12.4. The highest BCUT2D eigenvalue weighted by Gasteiger charge is 2.37. The highest BCUT2D eigenvalue weighted by atomic mass is 32.1. The molecular weight excluding hydrogens is 276 g/mol. The van der Waals surface area contributed by atoms with E-state index in [1.54, 1.807) is 0 Å². The van der Waals surface area contributed by atoms with Gasteiger partial charge in [0.05, 0.1) is 18.1 Å². The van der Waals surface area contributed by atoms with E-state index in [2.05, 4.69) is 10.6 Å². The van der Waals surface area contributed by atoms with Crippen molar-refractivity contribution in [3.63, 3.8) is 0 Å². The Balaban J connectivity index is 2.27. The largest absolute Gasteiger partial charge is 0.465 e. The molecule has 2 heterocycles. The molecule has 0 spiro atoms. The average molecular weight is 296 g/mol. The quantitative estimate of drug-likeness (QED) is 0.838. The van der Waals surface area contributed by atoms with E-state index in [4.69, 9.17) is 4.74 Å². The first-order valence-electron chi connectivity index (χ1n) is 6.59. The lowest BCUT2D eigenvalue weighted by Crippen LogP contribution is -2.35. The highest BCUT2D eigenvalue weighted by Crippen LogP contribution is 2.35. The summed E-state index contributed by atoms with van der Waals surface area (Å²) >= 11 is 1.42. The molecule has 110 valence electrons. The number of anilines is 1. The molecule has 0 aromatic carbocycles. The zero-order chi connectivity index (χ0) is 14.9. The van der Waals surface area contributed by atoms with Gasteiger partial charge in [-0.15, -0.1) is 11.3 Å². The summed E-state index contributed by atoms with van der Waals surface area (Å²) < 4.78 is 4.81. The van der Waals surface area contributed by atoms with Crippen molar-refractivity contribution in [3.8, 4) is 0 Å². The van der Waals surface area contributed by atoms with Crippen molar-refractivity contribution >= 4 is 28.2 Å². The Labute approximate surface area is 122 Å². The minimum absolute atomic E-state index is 0.0473. The van der Waals surface area contributed by atoms with E-state index in [0.717, 1.165) is 23.4 Å². The lowest BCUT2D eigenvalue weighted by molar-refractivity contribution is -0.123. The molecule has 1 fully saturated rings. The van der Waals surface area contributed by atoms with Crippen LogP contribution < -0.4 is 10.6 Å². The number of hydrogen-bond donors (Lipinski definition) is 2. The SMILES string of the molecule is COC(=O)c1c(NC(=O)C2(C)CCNC2)sc(C)c1C. The van der Waals surface area contributed by atoms with E-state index < -0.39 is 11.4 Å². The molecule has 5 nitrogen and oxygen atoms in total. The number of rotatable bonds is 3. The summed E-state index contributed by atoms with van der Waals surface area (Å²) in [6.07, 6.45) is 0.801. The second kappa shape index (κ2) is 5.54. The highest BCUT2D eigenvalue weighted by molar-refractivity contribution is 7.16. The summed E-state index contributed by atoms with van der Waals surface area (Å²) in [6.45, 7) is 7.24. The van der Waals surface area contributed by atoms with Gasteiger partial charge in [0.2, 0.25) is 5.91 Å². The summed E-state index contributed by atoms with van der Waals surface area (Å²) in [5.41, 5.74) is 0.920. The Morgan fingerprint density at radius 1 is 1.40 bits per heavy atom. The van der Waals surface area contributed by atoms with Crippen molar-refractivity contribution in [1.29, 1.82) is 0 Å². The summed E-state index contributed by atoms with van der Waals surface area (Å²) in [4.78, 5) is 25.3. The van der Waals surface area contributed by atoms with Crippen LogP contribution in [-0.2, 0) is 9.53 Å². The molecule has 2 rings (SSSR count). The van der Waals surface area contributed by atoms with Gasteiger partial charge in [0.25, 0.3) is 0 Å². The fourth-order valence-corrected chi connectivity index (χ4v) is 3.37. The van der Waals surface area contributed by atoms with E-state index in [0.29, 0.717) is 17.1 Å². The Hall–Kier alpha value is -1.40. The topological polar surface area (TPSA) is 67.4 Å². The Morgan fingerprint density at radius 2 is 2.10 bits per heavy atom. The fraction of sp³-hybridized carbons (Fsp3) is 0.571. The van der Waals surface area contributed by atoms with Crippen molar-refractivity contribution in [2.75, 3.05) is 25.5 Å². The van der Waals surface area contributed by atoms with Gasteiger partial charge in [-0.25, -0.2) is 4.79 Å². The van der Waals surface area contributed by atoms with Crippen LogP contribution in [0.3, 0.4) is 0 Å². The summed E-state index contributed by atoms with van der Waals surface area (Å²) in [7, 11) is 1.35. The molecule has 0 aliphatic carbocycles. The molecule has 2 N–H and O–H groups in total. The van der Waals surface area contributed by atoms with Gasteiger partial charge in [0.15, 0.2) is 0 Å². The smallest absolute Gasteiger partial charge is 0.341 e. The van der Waals surface area contributed by atoms with Crippen LogP contribution in [0.25, 0.3) is 0 Å². The minimum Gasteiger partial charge on any atom is -0.465 e. The van der Waals surface area contributed by atoms with Gasteiger partial charge in [-0.1, -0.05) is 0 Å². The molecule has 0 radical (unpaired) electrons. The first-order chi connectivity index (χ1) is 9.39. The second-order valence-corrected chi connectivity index (χ2v) is 6.65. The summed E-state index contributed by atoms with van der Waals surface area (Å²) in [5.74, 6) is -0.453. The summed E-state index contributed by atoms with van der Waals surface area (Å²) in [6, 6.07) is 0. The summed E-state index contributed by atoms with van der Waals surface area (Å²) in [5, 5.41) is 6.69. The van der Waals surface area contributed by atoms with Crippen molar-refractivity contribution in [2.24, 2.45) is 5.41 Å². The number of carbonyl (C=O) groups excluding carboxylic acids is 2. The van der Waals surface area contributed by atoms with Crippen LogP contribution in [0.2, 0.25) is 0 Å². The van der Waals surface area contributed by atoms with Crippen LogP contribution in [0.15, 0.2) is 0 Å². The number of methoxy groups -OCH3 is 1. The minimum atomic E-state index is -0.417. The fourth-order valence-electron chi connectivity index (χ4n) is 2.33. The van der Waals surface area contributed by atoms with Crippen molar-refractivity contribution in [2.45, 2.75) is 27.2 Å². The number of ether oxygens (including phenoxy) is 1. The van der Waals surface area contributed by atoms with Gasteiger partial charge in [0.1, 0.15) is 5.00 Å². The van der Waals surface area contributed by atoms with Crippen LogP contribution in [0.5, 0.6) is 0 Å². The van der Waals surface area contributed by atoms with Crippen LogP contribution in [0, 0.1) is 19.3 Å². The van der Waals surface area contributed by atoms with Crippen LogP contribution in [0.1, 0.15) is 34.1 Å². The van der Waals surface area contributed by atoms with Gasteiger partial charge in [-0.05, 0) is 39.3 Å². The third kappa shape index (κ3) is 2.58. The lowest BCUT2D eigenvalue weighted by Gasteiger charge is -2.21. The van der Waals surface area contributed by atoms with Gasteiger partial charge in [-0.3, -0.25) is 4.79 Å². The van der Waals surface area contributed by atoms with E-state index >= 15 is 0 Å². The number of carbonyl (C=O) groups is 2. The number of thiophene rings is 1. The number of nitrogens with one attached hydrogen (secondary N) is 2. The molecule has 1 atom stereocenters. The normalized spacial score (nSPS) is 21.8. The van der Waals surface area contributed by atoms with E-state index in [1.165, 1.54) is 18.4 Å². The molecule has 1 aliphatic rings. The lowest BCUT2D eigenvalue weighted by atomic mass is 9.89. The molecule has 20 heavy (non-hydrogen) atoms. The van der Waals surface area contributed by atoms with Crippen LogP contribution in [-0.4, -0.2) is 32.1 Å². The Morgan fingerprint density at radius 3 is 2.65 bits per heavy atom. The number of amides is 1. The number of aryl methyl sites for hydroxylation is 1. The monoisotopic (exact) mass is 296 g/mol. The average Bonchev–Trinajstić information content (AvgIpc) is 2.96. The first kappa shape index (κ1) is 15.0. The zero-order valence-corrected chi connectivity index (χ0v) is 13.1. The van der Waals surface area contributed by atoms with Crippen LogP contribution >= 0.6 is 11.3 Å². The maximum Gasteiger partial charge on any atom is 0.341 e. The number of hydrogen-bond acceptors (Lipinski definition) is 5. The molecule has 1 unspecified atom stereocenters. The molecule has 1 aromatic rings. The van der Waals surface area contributed by atoms with E-state index in [-0.39, 0.29) is 5.91 Å². The predicted octanol–water partition coefficient (Wildman–Crippen LogP) is 2.09. The first-order valence-corrected chi connectivity index (χ1v) is 7.41. The molecular formula is C14H20N2O3S. The molecule has 1 aliphatic heterocycles. The molecule has 1 amide bonds. The molecule has 1 saturated heterocycles. The third-order valence-electron chi connectivity index (χ3n) is 3.92. The maximum atomic E-state index is 12.4. The Bertz CT molecular complexity index is 545. The zero-order valence-electron chi connectivity index (χ0n) is 12.3. The molecule has 6 heteroatoms. The van der Waals surface area contributed by atoms with Gasteiger partial charge in [-0.2, -0.15) is 0 Å².